The molecule has 2 rings (SSSR count). The second-order valence-corrected chi connectivity index (χ2v) is 5.66. The first-order valence-corrected chi connectivity index (χ1v) is 7.17. The molecule has 0 amide bonds. The summed E-state index contributed by atoms with van der Waals surface area (Å²) in [6.45, 7) is 7.71. The fraction of sp³-hybridized carbons (Fsp3) is 0.625. The second-order valence-electron chi connectivity index (χ2n) is 5.66. The molecule has 1 unspecified atom stereocenters. The van der Waals surface area contributed by atoms with Crippen molar-refractivity contribution in [2.75, 3.05) is 11.9 Å². The molecule has 1 N–H and O–H groups in total. The van der Waals surface area contributed by atoms with Crippen LogP contribution < -0.4 is 10.2 Å². The Kier molecular flexibility index (Phi) is 4.28. The van der Waals surface area contributed by atoms with E-state index in [9.17, 15) is 0 Å². The maximum atomic E-state index is 3.63. The Balaban J connectivity index is 2.15. The summed E-state index contributed by atoms with van der Waals surface area (Å²) in [5.74, 6) is 0. The molecule has 0 aliphatic heterocycles. The van der Waals surface area contributed by atoms with Crippen molar-refractivity contribution >= 4 is 5.69 Å². The first-order valence-electron chi connectivity index (χ1n) is 7.17. The highest BCUT2D eigenvalue weighted by Crippen LogP contribution is 2.25. The maximum absolute atomic E-state index is 3.63. The molecule has 2 heteroatoms. The Labute approximate surface area is 111 Å². The molecule has 1 saturated carbocycles. The third-order valence-electron chi connectivity index (χ3n) is 4.03. The van der Waals surface area contributed by atoms with Gasteiger partial charge in [-0.25, -0.2) is 0 Å². The molecule has 0 radical (unpaired) electrons. The Morgan fingerprint density at radius 1 is 1.39 bits per heavy atom. The van der Waals surface area contributed by atoms with Crippen LogP contribution in [0.2, 0.25) is 0 Å². The van der Waals surface area contributed by atoms with Gasteiger partial charge >= 0.3 is 0 Å². The number of benzene rings is 1. The Bertz CT molecular complexity index is 396. The number of rotatable bonds is 6. The Morgan fingerprint density at radius 2 is 2.11 bits per heavy atom. The van der Waals surface area contributed by atoms with E-state index >= 15 is 0 Å². The summed E-state index contributed by atoms with van der Waals surface area (Å²) in [6.07, 6.45) is 3.88. The largest absolute Gasteiger partial charge is 0.372 e. The molecule has 1 aliphatic rings. The number of hydrogen-bond donors (Lipinski definition) is 1. The number of aryl methyl sites for hydroxylation is 1. The average Bonchev–Trinajstić information content (AvgIpc) is 3.18. The van der Waals surface area contributed by atoms with E-state index in [1.54, 1.807) is 0 Å². The third-order valence-corrected chi connectivity index (χ3v) is 4.03. The number of nitrogens with one attached hydrogen (secondary N) is 1. The molecule has 100 valence electrons. The van der Waals surface area contributed by atoms with Crippen molar-refractivity contribution in [2.24, 2.45) is 0 Å². The van der Waals surface area contributed by atoms with E-state index in [4.69, 9.17) is 0 Å². The molecular formula is C16H26N2. The molecule has 0 aromatic heterocycles. The molecule has 0 saturated heterocycles. The molecular weight excluding hydrogens is 220 g/mol. The lowest BCUT2D eigenvalue weighted by molar-refractivity contribution is 0.649. The van der Waals surface area contributed by atoms with Gasteiger partial charge in [0.2, 0.25) is 0 Å². The van der Waals surface area contributed by atoms with E-state index in [1.165, 1.54) is 36.1 Å². The zero-order chi connectivity index (χ0) is 13.1. The summed E-state index contributed by atoms with van der Waals surface area (Å²) in [5, 5.41) is 3.63. The van der Waals surface area contributed by atoms with Crippen LogP contribution in [0.25, 0.3) is 0 Å². The van der Waals surface area contributed by atoms with Gasteiger partial charge in [0.15, 0.2) is 0 Å². The predicted molar refractivity (Wildman–Crippen MR) is 79.2 cm³/mol. The van der Waals surface area contributed by atoms with E-state index in [0.717, 1.165) is 12.6 Å². The summed E-state index contributed by atoms with van der Waals surface area (Å²) in [7, 11) is 2.21. The highest BCUT2D eigenvalue weighted by atomic mass is 15.1. The van der Waals surface area contributed by atoms with Gasteiger partial charge in [-0.3, -0.25) is 0 Å². The van der Waals surface area contributed by atoms with Crippen molar-refractivity contribution in [1.82, 2.24) is 5.32 Å². The minimum Gasteiger partial charge on any atom is -0.372 e. The number of anilines is 1. The standard InChI is InChI=1S/C16H26N2/c1-5-13(3)18(4)16-9-6-12(2)10-14(16)11-17-15-7-8-15/h6,9-10,13,15,17H,5,7-8,11H2,1-4H3. The van der Waals surface area contributed by atoms with Crippen molar-refractivity contribution < 1.29 is 0 Å². The summed E-state index contributed by atoms with van der Waals surface area (Å²) in [5.41, 5.74) is 4.16. The van der Waals surface area contributed by atoms with Crippen LogP contribution in [0.5, 0.6) is 0 Å². The van der Waals surface area contributed by atoms with Crippen LogP contribution in [0.1, 0.15) is 44.2 Å². The van der Waals surface area contributed by atoms with Crippen LogP contribution in [0.15, 0.2) is 18.2 Å². The van der Waals surface area contributed by atoms with Crippen LogP contribution in [0.4, 0.5) is 5.69 Å². The van der Waals surface area contributed by atoms with Crippen molar-refractivity contribution in [3.05, 3.63) is 29.3 Å². The van der Waals surface area contributed by atoms with Crippen molar-refractivity contribution in [3.8, 4) is 0 Å². The lowest BCUT2D eigenvalue weighted by atomic mass is 10.1. The molecule has 1 fully saturated rings. The predicted octanol–water partition coefficient (Wildman–Crippen LogP) is 3.48. The van der Waals surface area contributed by atoms with E-state index in [1.807, 2.05) is 0 Å². The van der Waals surface area contributed by atoms with Gasteiger partial charge in [-0.05, 0) is 44.7 Å². The molecule has 0 heterocycles. The normalized spacial score (nSPS) is 16.7. The van der Waals surface area contributed by atoms with Crippen molar-refractivity contribution in [1.29, 1.82) is 0 Å². The third kappa shape index (κ3) is 3.26. The lowest BCUT2D eigenvalue weighted by Gasteiger charge is -2.28. The van der Waals surface area contributed by atoms with Crippen LogP contribution in [0.3, 0.4) is 0 Å². The highest BCUT2D eigenvalue weighted by molar-refractivity contribution is 5.55. The lowest BCUT2D eigenvalue weighted by Crippen LogP contribution is -2.29. The summed E-state index contributed by atoms with van der Waals surface area (Å²) >= 11 is 0. The first kappa shape index (κ1) is 13.4. The second kappa shape index (κ2) is 5.75. The van der Waals surface area contributed by atoms with Gasteiger partial charge in [0, 0.05) is 31.4 Å². The van der Waals surface area contributed by atoms with Crippen LogP contribution >= 0.6 is 0 Å². The minimum absolute atomic E-state index is 0.590. The number of hydrogen-bond acceptors (Lipinski definition) is 2. The van der Waals surface area contributed by atoms with Crippen LogP contribution in [-0.2, 0) is 6.54 Å². The van der Waals surface area contributed by atoms with E-state index < -0.39 is 0 Å². The molecule has 18 heavy (non-hydrogen) atoms. The van der Waals surface area contributed by atoms with Gasteiger partial charge in [0.1, 0.15) is 0 Å². The Hall–Kier alpha value is -1.02. The van der Waals surface area contributed by atoms with Gasteiger partial charge in [0.05, 0.1) is 0 Å². The monoisotopic (exact) mass is 246 g/mol. The van der Waals surface area contributed by atoms with Crippen LogP contribution in [0, 0.1) is 6.92 Å². The quantitative estimate of drug-likeness (QED) is 0.826. The Morgan fingerprint density at radius 3 is 2.72 bits per heavy atom. The zero-order valence-corrected chi connectivity index (χ0v) is 12.2. The number of nitrogens with zero attached hydrogens (tertiary/aromatic N) is 1. The van der Waals surface area contributed by atoms with Gasteiger partial charge in [0.25, 0.3) is 0 Å². The van der Waals surface area contributed by atoms with Crippen molar-refractivity contribution in [3.63, 3.8) is 0 Å². The topological polar surface area (TPSA) is 15.3 Å². The minimum atomic E-state index is 0.590. The molecule has 1 atom stereocenters. The first-order chi connectivity index (χ1) is 8.61. The van der Waals surface area contributed by atoms with E-state index in [0.29, 0.717) is 6.04 Å². The SMILES string of the molecule is CCC(C)N(C)c1ccc(C)cc1CNC1CC1. The smallest absolute Gasteiger partial charge is 0.0411 e. The van der Waals surface area contributed by atoms with Gasteiger partial charge < -0.3 is 10.2 Å². The molecule has 1 aromatic rings. The van der Waals surface area contributed by atoms with E-state index in [2.05, 4.69) is 56.2 Å². The molecule has 1 aliphatic carbocycles. The fourth-order valence-corrected chi connectivity index (χ4v) is 2.25. The maximum Gasteiger partial charge on any atom is 0.0411 e. The average molecular weight is 246 g/mol. The molecule has 2 nitrogen and oxygen atoms in total. The summed E-state index contributed by atoms with van der Waals surface area (Å²) < 4.78 is 0. The summed E-state index contributed by atoms with van der Waals surface area (Å²) in [4.78, 5) is 2.41. The van der Waals surface area contributed by atoms with Crippen LogP contribution in [-0.4, -0.2) is 19.1 Å². The fourth-order valence-electron chi connectivity index (χ4n) is 2.25. The molecule has 0 bridgehead atoms. The molecule has 0 spiro atoms. The van der Waals surface area contributed by atoms with Gasteiger partial charge in [-0.1, -0.05) is 24.6 Å². The van der Waals surface area contributed by atoms with E-state index in [-0.39, 0.29) is 0 Å². The molecule has 1 aromatic carbocycles. The van der Waals surface area contributed by atoms with Gasteiger partial charge in [-0.2, -0.15) is 0 Å². The highest BCUT2D eigenvalue weighted by Gasteiger charge is 2.21. The summed E-state index contributed by atoms with van der Waals surface area (Å²) in [6, 6.07) is 8.17. The van der Waals surface area contributed by atoms with Crippen molar-refractivity contribution in [2.45, 2.75) is 58.7 Å². The van der Waals surface area contributed by atoms with Gasteiger partial charge in [-0.15, -0.1) is 0 Å². The zero-order valence-electron chi connectivity index (χ0n) is 12.2.